The average Bonchev–Trinajstić information content (AvgIpc) is 2.96. The lowest BCUT2D eigenvalue weighted by atomic mass is 9.70. The molecule has 2 saturated carbocycles. The number of benzene rings is 1. The zero-order chi connectivity index (χ0) is 18.6. The number of nitrogens with zero attached hydrogens (tertiary/aromatic N) is 1. The van der Waals surface area contributed by atoms with Gasteiger partial charge in [-0.3, -0.25) is 4.79 Å². The minimum absolute atomic E-state index is 0.0517. The van der Waals surface area contributed by atoms with E-state index in [9.17, 15) is 13.2 Å². The first-order chi connectivity index (χ1) is 12.3. The van der Waals surface area contributed by atoms with Crippen molar-refractivity contribution in [2.45, 2.75) is 39.2 Å². The maximum atomic E-state index is 13.3. The molecule has 4 rings (SSSR count). The van der Waals surface area contributed by atoms with Gasteiger partial charge in [-0.25, -0.2) is 8.42 Å². The van der Waals surface area contributed by atoms with E-state index in [0.29, 0.717) is 38.5 Å². The molecule has 0 spiro atoms. The minimum Gasteiger partial charge on any atom is -0.371 e. The van der Waals surface area contributed by atoms with Crippen molar-refractivity contribution < 1.29 is 17.9 Å². The second-order valence-electron chi connectivity index (χ2n) is 8.55. The Hall–Kier alpha value is -1.24. The highest BCUT2D eigenvalue weighted by molar-refractivity contribution is 7.89. The summed E-state index contributed by atoms with van der Waals surface area (Å²) < 4.78 is 33.9. The molecule has 3 fully saturated rings. The fourth-order valence-electron chi connectivity index (χ4n) is 5.26. The Kier molecular flexibility index (Phi) is 4.29. The van der Waals surface area contributed by atoms with Crippen molar-refractivity contribution >= 4 is 15.8 Å². The van der Waals surface area contributed by atoms with Gasteiger partial charge in [0.1, 0.15) is 5.78 Å². The van der Waals surface area contributed by atoms with E-state index in [1.54, 1.807) is 0 Å². The largest absolute Gasteiger partial charge is 0.371 e. The van der Waals surface area contributed by atoms with Crippen LogP contribution in [0.1, 0.15) is 44.8 Å². The van der Waals surface area contributed by atoms with E-state index >= 15 is 0 Å². The number of sulfonamides is 1. The number of morpholine rings is 1. The molecule has 5 nitrogen and oxygen atoms in total. The summed E-state index contributed by atoms with van der Waals surface area (Å²) in [4.78, 5) is 12.7. The van der Waals surface area contributed by atoms with Crippen molar-refractivity contribution in [1.82, 2.24) is 4.31 Å². The van der Waals surface area contributed by atoms with Gasteiger partial charge in [-0.15, -0.1) is 0 Å². The number of hydrogen-bond donors (Lipinski definition) is 0. The summed E-state index contributed by atoms with van der Waals surface area (Å²) in [5, 5.41) is 0. The van der Waals surface area contributed by atoms with E-state index in [2.05, 4.69) is 13.8 Å². The average molecular weight is 378 g/mol. The van der Waals surface area contributed by atoms with E-state index in [4.69, 9.17) is 4.74 Å². The zero-order valence-corrected chi connectivity index (χ0v) is 16.3. The summed E-state index contributed by atoms with van der Waals surface area (Å²) in [6, 6.07) is 9.73. The van der Waals surface area contributed by atoms with Crippen LogP contribution >= 0.6 is 0 Å². The molecule has 6 heteroatoms. The fraction of sp³-hybridized carbons (Fsp3) is 0.650. The molecule has 1 aromatic carbocycles. The molecule has 3 atom stereocenters. The van der Waals surface area contributed by atoms with Gasteiger partial charge in [-0.05, 0) is 29.7 Å². The van der Waals surface area contributed by atoms with Gasteiger partial charge in [-0.1, -0.05) is 44.2 Å². The lowest BCUT2D eigenvalue weighted by Gasteiger charge is -2.39. The lowest BCUT2D eigenvalue weighted by Crippen LogP contribution is -2.49. The van der Waals surface area contributed by atoms with E-state index < -0.39 is 15.4 Å². The molecular formula is C20H27NO4S. The quantitative estimate of drug-likeness (QED) is 0.809. The number of carbonyl (C=O) groups is 1. The third kappa shape index (κ3) is 2.65. The summed E-state index contributed by atoms with van der Waals surface area (Å²) in [5.74, 6) is 0.422. The van der Waals surface area contributed by atoms with E-state index in [-0.39, 0.29) is 23.1 Å². The second kappa shape index (κ2) is 6.14. The number of fused-ring (bicyclic) bond motifs is 2. The molecule has 3 unspecified atom stereocenters. The first-order valence-electron chi connectivity index (χ1n) is 9.44. The molecule has 26 heavy (non-hydrogen) atoms. The third-order valence-corrected chi connectivity index (χ3v) is 9.14. The summed E-state index contributed by atoms with van der Waals surface area (Å²) >= 11 is 0. The molecule has 0 amide bonds. The number of ether oxygens (including phenoxy) is 1. The normalized spacial score (nSPS) is 34.3. The molecule has 0 aromatic heterocycles. The van der Waals surface area contributed by atoms with Crippen molar-refractivity contribution in [1.29, 1.82) is 0 Å². The van der Waals surface area contributed by atoms with Crippen LogP contribution in [0.3, 0.4) is 0 Å². The molecule has 0 radical (unpaired) electrons. The van der Waals surface area contributed by atoms with Gasteiger partial charge < -0.3 is 4.74 Å². The molecule has 2 bridgehead atoms. The highest BCUT2D eigenvalue weighted by Gasteiger charge is 2.65. The Balaban J connectivity index is 1.56. The number of ketones is 1. The van der Waals surface area contributed by atoms with E-state index in [1.807, 2.05) is 30.3 Å². The van der Waals surface area contributed by atoms with Crippen LogP contribution in [0.15, 0.2) is 30.3 Å². The topological polar surface area (TPSA) is 63.7 Å². The van der Waals surface area contributed by atoms with Gasteiger partial charge >= 0.3 is 0 Å². The van der Waals surface area contributed by atoms with Crippen molar-refractivity contribution in [2.24, 2.45) is 16.7 Å². The Labute approximate surface area is 155 Å². The Morgan fingerprint density at radius 1 is 1.23 bits per heavy atom. The summed E-state index contributed by atoms with van der Waals surface area (Å²) in [5.41, 5.74) is 0.0445. The van der Waals surface area contributed by atoms with Gasteiger partial charge in [0.2, 0.25) is 10.0 Å². The van der Waals surface area contributed by atoms with Crippen molar-refractivity contribution in [3.63, 3.8) is 0 Å². The lowest BCUT2D eigenvalue weighted by molar-refractivity contribution is -0.128. The smallest absolute Gasteiger partial charge is 0.215 e. The predicted molar refractivity (Wildman–Crippen MR) is 99.1 cm³/mol. The van der Waals surface area contributed by atoms with Crippen LogP contribution in [0.4, 0.5) is 0 Å². The zero-order valence-electron chi connectivity index (χ0n) is 15.5. The summed E-state index contributed by atoms with van der Waals surface area (Å²) in [6.07, 6.45) is 1.96. The maximum Gasteiger partial charge on any atom is 0.215 e. The maximum absolute atomic E-state index is 13.3. The van der Waals surface area contributed by atoms with Crippen LogP contribution < -0.4 is 0 Å². The number of rotatable bonds is 4. The number of Topliss-reactive ketones (excluding diaryl/α,β-unsaturated/α-hetero) is 1. The fourth-order valence-corrected chi connectivity index (χ4v) is 7.46. The number of hydrogen-bond acceptors (Lipinski definition) is 4. The van der Waals surface area contributed by atoms with Gasteiger partial charge in [0, 0.05) is 24.9 Å². The van der Waals surface area contributed by atoms with Crippen LogP contribution in [0.2, 0.25) is 0 Å². The standard InChI is InChI=1S/C20H27NO4S/c1-19(2)16-8-9-20(19,18(22)12-16)14-26(23,24)21-10-11-25-17(13-21)15-6-4-3-5-7-15/h3-7,16-17H,8-14H2,1-2H3. The SMILES string of the molecule is CC1(C)C2CCC1(CS(=O)(=O)N1CCOC(c3ccccc3)C1)C(=O)C2. The van der Waals surface area contributed by atoms with Crippen LogP contribution in [-0.4, -0.2) is 44.0 Å². The first-order valence-corrected chi connectivity index (χ1v) is 11.0. The molecule has 0 N–H and O–H groups in total. The molecule has 1 saturated heterocycles. The van der Waals surface area contributed by atoms with Crippen LogP contribution in [0, 0.1) is 16.7 Å². The molecule has 1 heterocycles. The third-order valence-electron chi connectivity index (χ3n) is 7.16. The molecule has 3 aliphatic rings. The van der Waals surface area contributed by atoms with Crippen molar-refractivity contribution in [3.05, 3.63) is 35.9 Å². The van der Waals surface area contributed by atoms with E-state index in [1.165, 1.54) is 4.31 Å². The summed E-state index contributed by atoms with van der Waals surface area (Å²) in [7, 11) is -3.52. The van der Waals surface area contributed by atoms with Crippen LogP contribution in [-0.2, 0) is 19.6 Å². The first kappa shape index (κ1) is 18.1. The minimum atomic E-state index is -3.52. The Morgan fingerprint density at radius 3 is 2.58 bits per heavy atom. The molecular weight excluding hydrogens is 350 g/mol. The van der Waals surface area contributed by atoms with Crippen LogP contribution in [0.25, 0.3) is 0 Å². The van der Waals surface area contributed by atoms with Crippen LogP contribution in [0.5, 0.6) is 0 Å². The van der Waals surface area contributed by atoms with Gasteiger partial charge in [-0.2, -0.15) is 4.31 Å². The Morgan fingerprint density at radius 2 is 1.96 bits per heavy atom. The van der Waals surface area contributed by atoms with Crippen molar-refractivity contribution in [3.8, 4) is 0 Å². The summed E-state index contributed by atoms with van der Waals surface area (Å²) in [6.45, 7) is 5.22. The molecule has 142 valence electrons. The second-order valence-corrected chi connectivity index (χ2v) is 10.5. The Bertz CT molecular complexity index is 804. The van der Waals surface area contributed by atoms with E-state index in [0.717, 1.165) is 12.0 Å². The van der Waals surface area contributed by atoms with Gasteiger partial charge in [0.05, 0.1) is 18.5 Å². The predicted octanol–water partition coefficient (Wildman–Crippen LogP) is 2.79. The molecule has 1 aromatic rings. The van der Waals surface area contributed by atoms with Gasteiger partial charge in [0.25, 0.3) is 0 Å². The molecule has 1 aliphatic heterocycles. The molecule has 2 aliphatic carbocycles. The number of carbonyl (C=O) groups excluding carboxylic acids is 1. The monoisotopic (exact) mass is 377 g/mol. The van der Waals surface area contributed by atoms with Crippen molar-refractivity contribution in [2.75, 3.05) is 25.4 Å². The highest BCUT2D eigenvalue weighted by atomic mass is 32.2. The van der Waals surface area contributed by atoms with Gasteiger partial charge in [0.15, 0.2) is 0 Å². The highest BCUT2D eigenvalue weighted by Crippen LogP contribution is 2.64.